The minimum atomic E-state index is -3.49. The van der Waals surface area contributed by atoms with Crippen LogP contribution in [0, 0.1) is 0 Å². The topological polar surface area (TPSA) is 57.1 Å². The molecule has 0 aromatic carbocycles. The molecule has 1 saturated heterocycles. The number of phosphoric ester groups is 1. The lowest BCUT2D eigenvalue weighted by Gasteiger charge is -2.12. The molecule has 0 bridgehead atoms. The summed E-state index contributed by atoms with van der Waals surface area (Å²) in [4.78, 5) is 0. The summed E-state index contributed by atoms with van der Waals surface area (Å²) in [6, 6.07) is 0. The standard InChI is InChI=1S/C7H14NO4PS2/c1-3-10-13(9,11-4-2)12-8-7-14-5-6-15-7/h3-6H2,1-2H3. The van der Waals surface area contributed by atoms with E-state index in [0.29, 0.717) is 0 Å². The van der Waals surface area contributed by atoms with Gasteiger partial charge in [-0.3, -0.25) is 13.7 Å². The summed E-state index contributed by atoms with van der Waals surface area (Å²) in [5.74, 6) is 2.00. The molecule has 1 rings (SSSR count). The lowest BCUT2D eigenvalue weighted by molar-refractivity contribution is 0.125. The normalized spacial score (nSPS) is 16.8. The zero-order valence-corrected chi connectivity index (χ0v) is 11.2. The van der Waals surface area contributed by atoms with Crippen molar-refractivity contribution in [2.45, 2.75) is 13.8 Å². The van der Waals surface area contributed by atoms with Crippen LogP contribution in [-0.2, 0) is 18.2 Å². The highest BCUT2D eigenvalue weighted by molar-refractivity contribution is 8.41. The van der Waals surface area contributed by atoms with Crippen LogP contribution < -0.4 is 0 Å². The van der Waals surface area contributed by atoms with Crippen molar-refractivity contribution in [3.05, 3.63) is 0 Å². The molecular formula is C7H14NO4PS2. The molecule has 0 atom stereocenters. The van der Waals surface area contributed by atoms with Crippen LogP contribution in [0.4, 0.5) is 0 Å². The van der Waals surface area contributed by atoms with Crippen molar-refractivity contribution in [2.75, 3.05) is 24.7 Å². The van der Waals surface area contributed by atoms with Gasteiger partial charge in [0.2, 0.25) is 0 Å². The largest absolute Gasteiger partial charge is 0.550 e. The van der Waals surface area contributed by atoms with Crippen LogP contribution >= 0.6 is 31.3 Å². The van der Waals surface area contributed by atoms with Gasteiger partial charge in [-0.15, -0.1) is 0 Å². The first-order valence-electron chi connectivity index (χ1n) is 4.61. The van der Waals surface area contributed by atoms with Gasteiger partial charge < -0.3 is 0 Å². The Bertz CT molecular complexity index is 256. The van der Waals surface area contributed by atoms with Crippen molar-refractivity contribution < 1.29 is 18.2 Å². The molecule has 0 spiro atoms. The van der Waals surface area contributed by atoms with E-state index in [-0.39, 0.29) is 13.2 Å². The summed E-state index contributed by atoms with van der Waals surface area (Å²) in [7, 11) is -3.49. The first-order valence-corrected chi connectivity index (χ1v) is 8.05. The third-order valence-electron chi connectivity index (χ3n) is 1.32. The van der Waals surface area contributed by atoms with Gasteiger partial charge in [-0.2, -0.15) is 0 Å². The average Bonchev–Trinajstić information content (AvgIpc) is 2.68. The first kappa shape index (κ1) is 13.4. The molecule has 1 aliphatic rings. The summed E-state index contributed by atoms with van der Waals surface area (Å²) in [6.07, 6.45) is 0. The van der Waals surface area contributed by atoms with Crippen molar-refractivity contribution >= 4 is 35.7 Å². The molecule has 0 N–H and O–H groups in total. The molecule has 0 aromatic heterocycles. The number of nitrogens with zero attached hydrogens (tertiary/aromatic N) is 1. The zero-order valence-electron chi connectivity index (χ0n) is 8.67. The van der Waals surface area contributed by atoms with Gasteiger partial charge in [0.1, 0.15) is 0 Å². The summed E-state index contributed by atoms with van der Waals surface area (Å²) in [5.41, 5.74) is 0. The van der Waals surface area contributed by atoms with Gasteiger partial charge >= 0.3 is 7.82 Å². The van der Waals surface area contributed by atoms with Crippen LogP contribution in [0.25, 0.3) is 0 Å². The fraction of sp³-hybridized carbons (Fsp3) is 0.857. The molecule has 0 saturated carbocycles. The first-order chi connectivity index (χ1) is 7.20. The van der Waals surface area contributed by atoms with Gasteiger partial charge in [-0.05, 0) is 13.8 Å². The Morgan fingerprint density at radius 1 is 1.27 bits per heavy atom. The van der Waals surface area contributed by atoms with Crippen molar-refractivity contribution in [1.29, 1.82) is 0 Å². The summed E-state index contributed by atoms with van der Waals surface area (Å²) in [6.45, 7) is 3.98. The van der Waals surface area contributed by atoms with Gasteiger partial charge in [0.25, 0.3) is 0 Å². The molecule has 5 nitrogen and oxygen atoms in total. The van der Waals surface area contributed by atoms with E-state index in [1.54, 1.807) is 37.4 Å². The number of hydrogen-bond acceptors (Lipinski definition) is 7. The molecule has 0 amide bonds. The fourth-order valence-electron chi connectivity index (χ4n) is 0.836. The maximum absolute atomic E-state index is 11.8. The molecule has 0 aromatic rings. The minimum Gasteiger partial charge on any atom is -0.290 e. The number of rotatable bonds is 6. The number of hydrogen-bond donors (Lipinski definition) is 0. The molecule has 1 aliphatic heterocycles. The predicted octanol–water partition coefficient (Wildman–Crippen LogP) is 2.94. The van der Waals surface area contributed by atoms with Crippen LogP contribution in [0.3, 0.4) is 0 Å². The second-order valence-corrected chi connectivity index (χ2v) is 6.42. The minimum absolute atomic E-state index is 0.266. The highest BCUT2D eigenvalue weighted by Gasteiger charge is 2.27. The predicted molar refractivity (Wildman–Crippen MR) is 64.3 cm³/mol. The Kier molecular flexibility index (Phi) is 6.07. The van der Waals surface area contributed by atoms with Gasteiger partial charge in [-0.25, -0.2) is 4.57 Å². The van der Waals surface area contributed by atoms with Crippen molar-refractivity contribution in [1.82, 2.24) is 0 Å². The molecule has 8 heteroatoms. The monoisotopic (exact) mass is 271 g/mol. The van der Waals surface area contributed by atoms with E-state index >= 15 is 0 Å². The van der Waals surface area contributed by atoms with E-state index in [1.807, 2.05) is 0 Å². The van der Waals surface area contributed by atoms with Gasteiger partial charge in [-0.1, -0.05) is 28.7 Å². The van der Waals surface area contributed by atoms with E-state index < -0.39 is 7.82 Å². The van der Waals surface area contributed by atoms with E-state index in [0.717, 1.165) is 15.9 Å². The van der Waals surface area contributed by atoms with E-state index in [1.165, 1.54) is 0 Å². The van der Waals surface area contributed by atoms with Crippen molar-refractivity contribution in [3.8, 4) is 0 Å². The second-order valence-electron chi connectivity index (χ2n) is 2.42. The van der Waals surface area contributed by atoms with E-state index in [9.17, 15) is 4.57 Å². The van der Waals surface area contributed by atoms with Crippen LogP contribution in [0.5, 0.6) is 0 Å². The maximum Gasteiger partial charge on any atom is 0.550 e. The Balaban J connectivity index is 2.50. The lowest BCUT2D eigenvalue weighted by Crippen LogP contribution is -1.97. The van der Waals surface area contributed by atoms with E-state index in [4.69, 9.17) is 13.7 Å². The lowest BCUT2D eigenvalue weighted by atomic mass is 10.9. The van der Waals surface area contributed by atoms with Crippen LogP contribution in [0.2, 0.25) is 0 Å². The van der Waals surface area contributed by atoms with Crippen LogP contribution in [0.1, 0.15) is 13.8 Å². The Hall–Kier alpha value is 0.320. The zero-order chi connectivity index (χ0) is 11.1. The van der Waals surface area contributed by atoms with Crippen molar-refractivity contribution in [3.63, 3.8) is 0 Å². The molecule has 15 heavy (non-hydrogen) atoms. The summed E-state index contributed by atoms with van der Waals surface area (Å²) >= 11 is 3.15. The quantitative estimate of drug-likeness (QED) is 0.547. The third-order valence-corrected chi connectivity index (χ3v) is 5.18. The molecular weight excluding hydrogens is 257 g/mol. The Morgan fingerprint density at radius 2 is 1.80 bits per heavy atom. The van der Waals surface area contributed by atoms with Crippen LogP contribution in [0.15, 0.2) is 5.16 Å². The molecule has 1 fully saturated rings. The number of phosphoric acid groups is 1. The van der Waals surface area contributed by atoms with Gasteiger partial charge in [0.15, 0.2) is 4.38 Å². The maximum atomic E-state index is 11.8. The average molecular weight is 271 g/mol. The fourth-order valence-corrected chi connectivity index (χ4v) is 3.96. The number of oxime groups is 1. The highest BCUT2D eigenvalue weighted by Crippen LogP contribution is 2.50. The summed E-state index contributed by atoms with van der Waals surface area (Å²) < 4.78 is 27.2. The number of thioether (sulfide) groups is 2. The molecule has 0 radical (unpaired) electrons. The molecule has 88 valence electrons. The third kappa shape index (κ3) is 4.78. The van der Waals surface area contributed by atoms with Crippen molar-refractivity contribution in [2.24, 2.45) is 5.16 Å². The second kappa shape index (κ2) is 6.81. The Labute approximate surface area is 97.9 Å². The molecule has 1 heterocycles. The highest BCUT2D eigenvalue weighted by atomic mass is 32.2. The summed E-state index contributed by atoms with van der Waals surface area (Å²) in [5, 5.41) is 3.76. The molecule has 0 aliphatic carbocycles. The van der Waals surface area contributed by atoms with Gasteiger partial charge in [0.05, 0.1) is 13.2 Å². The van der Waals surface area contributed by atoms with E-state index in [2.05, 4.69) is 5.16 Å². The Morgan fingerprint density at radius 3 is 2.27 bits per heavy atom. The van der Waals surface area contributed by atoms with Gasteiger partial charge in [0, 0.05) is 11.5 Å². The smallest absolute Gasteiger partial charge is 0.290 e. The van der Waals surface area contributed by atoms with Crippen LogP contribution in [-0.4, -0.2) is 29.1 Å². The molecule has 0 unspecified atom stereocenters. The SMILES string of the molecule is CCOP(=O)(OCC)ON=C1SCCS1.